The Labute approximate surface area is 123 Å². The van der Waals surface area contributed by atoms with Crippen molar-refractivity contribution in [3.63, 3.8) is 0 Å². The van der Waals surface area contributed by atoms with Gasteiger partial charge in [0.1, 0.15) is 0 Å². The monoisotopic (exact) mass is 282 g/mol. The van der Waals surface area contributed by atoms with E-state index in [1.807, 2.05) is 0 Å². The van der Waals surface area contributed by atoms with Crippen LogP contribution >= 0.6 is 0 Å². The fourth-order valence-electron chi connectivity index (χ4n) is 3.48. The lowest BCUT2D eigenvalue weighted by Gasteiger charge is -2.37. The molecule has 1 amide bonds. The number of piperidine rings is 1. The average Bonchev–Trinajstić information content (AvgIpc) is 2.41. The van der Waals surface area contributed by atoms with Crippen LogP contribution in [-0.4, -0.2) is 61.6 Å². The minimum Gasteiger partial charge on any atom is -0.381 e. The summed E-state index contributed by atoms with van der Waals surface area (Å²) in [5.41, 5.74) is 0. The molecule has 0 bridgehead atoms. The number of carbonyl (C=O) groups excluding carboxylic acids is 1. The Hall–Kier alpha value is -0.610. The van der Waals surface area contributed by atoms with Crippen LogP contribution < -0.4 is 0 Å². The zero-order valence-corrected chi connectivity index (χ0v) is 13.3. The van der Waals surface area contributed by atoms with Gasteiger partial charge in [0, 0.05) is 45.3 Å². The van der Waals surface area contributed by atoms with Gasteiger partial charge in [-0.1, -0.05) is 0 Å². The summed E-state index contributed by atoms with van der Waals surface area (Å²) in [6.07, 6.45) is 4.19. The second-order valence-electron chi connectivity index (χ2n) is 6.82. The Kier molecular flexibility index (Phi) is 5.85. The first kappa shape index (κ1) is 15.8. The number of hydrogen-bond acceptors (Lipinski definition) is 3. The maximum atomic E-state index is 11.9. The molecule has 20 heavy (non-hydrogen) atoms. The molecule has 0 aliphatic carbocycles. The molecule has 2 rings (SSSR count). The molecule has 2 fully saturated rings. The van der Waals surface area contributed by atoms with E-state index in [9.17, 15) is 4.79 Å². The van der Waals surface area contributed by atoms with Crippen LogP contribution in [0.4, 0.5) is 0 Å². The van der Waals surface area contributed by atoms with Crippen LogP contribution in [0.3, 0.4) is 0 Å². The van der Waals surface area contributed by atoms with E-state index in [1.165, 1.54) is 19.4 Å². The van der Waals surface area contributed by atoms with E-state index in [4.69, 9.17) is 4.74 Å². The molecular formula is C16H30N2O2. The lowest BCUT2D eigenvalue weighted by Crippen LogP contribution is -2.47. The summed E-state index contributed by atoms with van der Waals surface area (Å²) < 4.78 is 5.42. The van der Waals surface area contributed by atoms with E-state index in [0.717, 1.165) is 45.1 Å². The highest BCUT2D eigenvalue weighted by Gasteiger charge is 2.28. The van der Waals surface area contributed by atoms with Crippen molar-refractivity contribution in [2.45, 2.75) is 45.6 Å². The van der Waals surface area contributed by atoms with E-state index < -0.39 is 0 Å². The van der Waals surface area contributed by atoms with Crippen LogP contribution in [-0.2, 0) is 9.53 Å². The van der Waals surface area contributed by atoms with Crippen molar-refractivity contribution >= 4 is 5.91 Å². The van der Waals surface area contributed by atoms with E-state index in [-0.39, 0.29) is 0 Å². The van der Waals surface area contributed by atoms with Crippen LogP contribution in [0.1, 0.15) is 39.5 Å². The number of hydrogen-bond donors (Lipinski definition) is 0. The molecule has 4 nitrogen and oxygen atoms in total. The summed E-state index contributed by atoms with van der Waals surface area (Å²) in [4.78, 5) is 16.4. The SMILES string of the molecule is CC(C)N1CC(CN(C)CC2CCOCC2)CCC1=O. The quantitative estimate of drug-likeness (QED) is 0.773. The van der Waals surface area contributed by atoms with Gasteiger partial charge in [-0.25, -0.2) is 0 Å². The number of likely N-dealkylation sites (tertiary alicyclic amines) is 1. The summed E-state index contributed by atoms with van der Waals surface area (Å²) in [5.74, 6) is 1.77. The molecule has 0 saturated carbocycles. The summed E-state index contributed by atoms with van der Waals surface area (Å²) in [6.45, 7) is 9.32. The van der Waals surface area contributed by atoms with Crippen LogP contribution in [0.5, 0.6) is 0 Å². The molecule has 116 valence electrons. The lowest BCUT2D eigenvalue weighted by atomic mass is 9.94. The molecular weight excluding hydrogens is 252 g/mol. The van der Waals surface area contributed by atoms with Crippen molar-refractivity contribution < 1.29 is 9.53 Å². The van der Waals surface area contributed by atoms with Gasteiger partial charge in [-0.05, 0) is 52.0 Å². The molecule has 0 N–H and O–H groups in total. The van der Waals surface area contributed by atoms with Crippen LogP contribution in [0.2, 0.25) is 0 Å². The number of ether oxygens (including phenoxy) is 1. The lowest BCUT2D eigenvalue weighted by molar-refractivity contribution is -0.136. The molecule has 0 aromatic heterocycles. The van der Waals surface area contributed by atoms with Crippen LogP contribution in [0.25, 0.3) is 0 Å². The number of amides is 1. The number of rotatable bonds is 5. The van der Waals surface area contributed by atoms with Gasteiger partial charge >= 0.3 is 0 Å². The highest BCUT2D eigenvalue weighted by molar-refractivity contribution is 5.77. The largest absolute Gasteiger partial charge is 0.381 e. The van der Waals surface area contributed by atoms with E-state index in [0.29, 0.717) is 17.9 Å². The Morgan fingerprint density at radius 2 is 1.85 bits per heavy atom. The first-order chi connectivity index (χ1) is 9.56. The van der Waals surface area contributed by atoms with Gasteiger partial charge in [0.15, 0.2) is 0 Å². The summed E-state index contributed by atoms with van der Waals surface area (Å²) >= 11 is 0. The van der Waals surface area contributed by atoms with Crippen molar-refractivity contribution in [1.82, 2.24) is 9.80 Å². The van der Waals surface area contributed by atoms with E-state index in [2.05, 4.69) is 30.7 Å². The van der Waals surface area contributed by atoms with Crippen molar-refractivity contribution in [3.8, 4) is 0 Å². The fraction of sp³-hybridized carbons (Fsp3) is 0.938. The predicted octanol–water partition coefficient (Wildman–Crippen LogP) is 1.99. The third-order valence-electron chi connectivity index (χ3n) is 4.65. The molecule has 4 heteroatoms. The maximum Gasteiger partial charge on any atom is 0.222 e. The molecule has 1 atom stereocenters. The van der Waals surface area contributed by atoms with Gasteiger partial charge in [-0.2, -0.15) is 0 Å². The first-order valence-electron chi connectivity index (χ1n) is 8.12. The third kappa shape index (κ3) is 4.45. The van der Waals surface area contributed by atoms with Crippen molar-refractivity contribution in [2.75, 3.05) is 39.9 Å². The molecule has 2 aliphatic heterocycles. The minimum atomic E-state index is 0.336. The normalized spacial score (nSPS) is 25.8. The standard InChI is InChI=1S/C16H30N2O2/c1-13(2)18-12-15(4-5-16(18)19)11-17(3)10-14-6-8-20-9-7-14/h13-15H,4-12H2,1-3H3. The Bertz CT molecular complexity index is 314. The van der Waals surface area contributed by atoms with Crippen molar-refractivity contribution in [1.29, 1.82) is 0 Å². The van der Waals surface area contributed by atoms with Gasteiger partial charge in [0.2, 0.25) is 5.91 Å². The van der Waals surface area contributed by atoms with Gasteiger partial charge in [0.25, 0.3) is 0 Å². The second kappa shape index (κ2) is 7.41. The summed E-state index contributed by atoms with van der Waals surface area (Å²) in [5, 5.41) is 0. The first-order valence-corrected chi connectivity index (χ1v) is 8.12. The van der Waals surface area contributed by atoms with Gasteiger partial charge in [-0.15, -0.1) is 0 Å². The van der Waals surface area contributed by atoms with Crippen molar-refractivity contribution in [2.24, 2.45) is 11.8 Å². The smallest absolute Gasteiger partial charge is 0.222 e. The topological polar surface area (TPSA) is 32.8 Å². The third-order valence-corrected chi connectivity index (χ3v) is 4.65. The zero-order valence-electron chi connectivity index (χ0n) is 13.3. The van der Waals surface area contributed by atoms with Crippen molar-refractivity contribution in [3.05, 3.63) is 0 Å². The minimum absolute atomic E-state index is 0.336. The van der Waals surface area contributed by atoms with Crippen LogP contribution in [0.15, 0.2) is 0 Å². The highest BCUT2D eigenvalue weighted by Crippen LogP contribution is 2.22. The van der Waals surface area contributed by atoms with E-state index in [1.54, 1.807) is 0 Å². The highest BCUT2D eigenvalue weighted by atomic mass is 16.5. The molecule has 0 aromatic rings. The summed E-state index contributed by atoms with van der Waals surface area (Å²) in [6, 6.07) is 0.339. The Morgan fingerprint density at radius 3 is 2.50 bits per heavy atom. The van der Waals surface area contributed by atoms with Crippen LogP contribution in [0, 0.1) is 11.8 Å². The predicted molar refractivity (Wildman–Crippen MR) is 80.6 cm³/mol. The maximum absolute atomic E-state index is 11.9. The van der Waals surface area contributed by atoms with Gasteiger partial charge in [-0.3, -0.25) is 4.79 Å². The summed E-state index contributed by atoms with van der Waals surface area (Å²) in [7, 11) is 2.23. The van der Waals surface area contributed by atoms with Gasteiger partial charge in [0.05, 0.1) is 0 Å². The zero-order chi connectivity index (χ0) is 14.5. The number of carbonyl (C=O) groups is 1. The molecule has 0 aromatic carbocycles. The Morgan fingerprint density at radius 1 is 1.20 bits per heavy atom. The molecule has 1 unspecified atom stereocenters. The Balaban J connectivity index is 1.75. The molecule has 2 saturated heterocycles. The fourth-order valence-corrected chi connectivity index (χ4v) is 3.48. The molecule has 0 spiro atoms. The van der Waals surface area contributed by atoms with E-state index >= 15 is 0 Å². The second-order valence-corrected chi connectivity index (χ2v) is 6.82. The van der Waals surface area contributed by atoms with Gasteiger partial charge < -0.3 is 14.5 Å². The average molecular weight is 282 g/mol. The molecule has 2 heterocycles. The number of nitrogens with zero attached hydrogens (tertiary/aromatic N) is 2. The molecule has 2 aliphatic rings. The molecule has 0 radical (unpaired) electrons.